The van der Waals surface area contributed by atoms with Crippen LogP contribution in [0.3, 0.4) is 0 Å². The third-order valence-electron chi connectivity index (χ3n) is 4.11. The molecule has 2 rings (SSSR count). The molecule has 0 saturated carbocycles. The number of carbonyl (C=O) groups is 2. The Balaban J connectivity index is 2.13. The number of hydrogen-bond acceptors (Lipinski definition) is 3. The number of rotatable bonds is 8. The molecule has 25 heavy (non-hydrogen) atoms. The first-order chi connectivity index (χ1) is 12.0. The Morgan fingerprint density at radius 2 is 1.60 bits per heavy atom. The molecule has 0 spiro atoms. The molecule has 0 aliphatic rings. The lowest BCUT2D eigenvalue weighted by molar-refractivity contribution is 0.0941. The van der Waals surface area contributed by atoms with Crippen LogP contribution >= 0.6 is 0 Å². The highest BCUT2D eigenvalue weighted by atomic mass is 16.2. The first kappa shape index (κ1) is 18.9. The molecule has 0 saturated heterocycles. The monoisotopic (exact) mass is 338 g/mol. The van der Waals surface area contributed by atoms with Crippen LogP contribution < -0.4 is 5.32 Å². The molecule has 0 bridgehead atoms. The van der Waals surface area contributed by atoms with Crippen molar-refractivity contribution in [3.05, 3.63) is 70.8 Å². The van der Waals surface area contributed by atoms with Gasteiger partial charge in [-0.25, -0.2) is 0 Å². The van der Waals surface area contributed by atoms with E-state index < -0.39 is 0 Å². The number of hydrogen-bond donors (Lipinski definition) is 1. The van der Waals surface area contributed by atoms with Gasteiger partial charge in [-0.3, -0.25) is 9.59 Å². The molecule has 1 N–H and O–H groups in total. The molecule has 0 atom stereocenters. The Kier molecular flexibility index (Phi) is 6.90. The van der Waals surface area contributed by atoms with Crippen molar-refractivity contribution in [2.45, 2.75) is 19.8 Å². The summed E-state index contributed by atoms with van der Waals surface area (Å²) in [6, 6.07) is 14.6. The van der Waals surface area contributed by atoms with Crippen LogP contribution in [0.2, 0.25) is 0 Å². The van der Waals surface area contributed by atoms with Crippen LogP contribution in [-0.4, -0.2) is 43.8 Å². The summed E-state index contributed by atoms with van der Waals surface area (Å²) in [5.74, 6) is -0.324. The number of nitrogens with zero attached hydrogens (tertiary/aromatic N) is 1. The van der Waals surface area contributed by atoms with Crippen molar-refractivity contribution >= 4 is 11.7 Å². The van der Waals surface area contributed by atoms with Gasteiger partial charge in [-0.1, -0.05) is 49.4 Å². The molecule has 0 aliphatic carbocycles. The van der Waals surface area contributed by atoms with Gasteiger partial charge in [-0.15, -0.1) is 0 Å². The molecule has 2 aromatic rings. The first-order valence-electron chi connectivity index (χ1n) is 8.68. The van der Waals surface area contributed by atoms with Gasteiger partial charge < -0.3 is 10.2 Å². The summed E-state index contributed by atoms with van der Waals surface area (Å²) in [6.45, 7) is 3.57. The van der Waals surface area contributed by atoms with Crippen molar-refractivity contribution in [1.82, 2.24) is 10.2 Å². The van der Waals surface area contributed by atoms with E-state index in [1.54, 1.807) is 24.3 Å². The van der Waals surface area contributed by atoms with E-state index in [9.17, 15) is 9.59 Å². The van der Waals surface area contributed by atoms with Crippen molar-refractivity contribution in [3.8, 4) is 0 Å². The molecule has 0 heterocycles. The molecule has 4 nitrogen and oxygen atoms in total. The lowest BCUT2D eigenvalue weighted by Gasteiger charge is -2.12. The molecule has 0 fully saturated rings. The highest BCUT2D eigenvalue weighted by Gasteiger charge is 2.17. The van der Waals surface area contributed by atoms with Crippen molar-refractivity contribution in [2.24, 2.45) is 0 Å². The highest BCUT2D eigenvalue weighted by molar-refractivity contribution is 6.15. The van der Waals surface area contributed by atoms with Crippen molar-refractivity contribution in [1.29, 1.82) is 0 Å². The minimum Gasteiger partial charge on any atom is -0.352 e. The maximum Gasteiger partial charge on any atom is 0.252 e. The second kappa shape index (κ2) is 9.14. The van der Waals surface area contributed by atoms with Crippen molar-refractivity contribution in [2.75, 3.05) is 27.2 Å². The summed E-state index contributed by atoms with van der Waals surface area (Å²) in [6.07, 6.45) is 1.80. The Morgan fingerprint density at radius 3 is 2.20 bits per heavy atom. The normalized spacial score (nSPS) is 10.7. The number of ketones is 1. The van der Waals surface area contributed by atoms with Crippen LogP contribution in [0.1, 0.15) is 45.2 Å². The molecule has 132 valence electrons. The van der Waals surface area contributed by atoms with E-state index in [4.69, 9.17) is 0 Å². The number of carbonyl (C=O) groups excluding carboxylic acids is 2. The van der Waals surface area contributed by atoms with E-state index in [0.29, 0.717) is 23.2 Å². The van der Waals surface area contributed by atoms with E-state index >= 15 is 0 Å². The third kappa shape index (κ3) is 5.26. The molecule has 1 amide bonds. The summed E-state index contributed by atoms with van der Waals surface area (Å²) < 4.78 is 0. The fraction of sp³-hybridized carbons (Fsp3) is 0.333. The lowest BCUT2D eigenvalue weighted by atomic mass is 9.97. The Bertz CT molecular complexity index is 721. The lowest BCUT2D eigenvalue weighted by Crippen LogP contribution is -2.28. The second-order valence-electron chi connectivity index (χ2n) is 6.34. The van der Waals surface area contributed by atoms with Crippen LogP contribution in [0, 0.1) is 0 Å². The van der Waals surface area contributed by atoms with Crippen LogP contribution in [0.25, 0.3) is 0 Å². The van der Waals surface area contributed by atoms with E-state index in [1.165, 1.54) is 5.56 Å². The standard InChI is InChI=1S/C21H26N2O2/c1-4-16-10-12-17(13-11-16)20(24)18-8-5-6-9-19(18)21(25)22-14-7-15-23(2)3/h5-6,8-13H,4,7,14-15H2,1-3H3,(H,22,25). The van der Waals surface area contributed by atoms with Crippen molar-refractivity contribution in [3.63, 3.8) is 0 Å². The van der Waals surface area contributed by atoms with Gasteiger partial charge in [0.25, 0.3) is 5.91 Å². The third-order valence-corrected chi connectivity index (χ3v) is 4.11. The van der Waals surface area contributed by atoms with E-state index in [2.05, 4.69) is 17.1 Å². The Hall–Kier alpha value is -2.46. The molecular formula is C21H26N2O2. The zero-order valence-electron chi connectivity index (χ0n) is 15.2. The fourth-order valence-corrected chi connectivity index (χ4v) is 2.62. The van der Waals surface area contributed by atoms with E-state index in [1.807, 2.05) is 38.4 Å². The summed E-state index contributed by atoms with van der Waals surface area (Å²) in [5, 5.41) is 2.90. The number of nitrogens with one attached hydrogen (secondary N) is 1. The van der Waals surface area contributed by atoms with E-state index in [0.717, 1.165) is 19.4 Å². The molecular weight excluding hydrogens is 312 g/mol. The van der Waals surface area contributed by atoms with Crippen LogP contribution in [-0.2, 0) is 6.42 Å². The Labute approximate surface area is 149 Å². The molecule has 2 aromatic carbocycles. The SMILES string of the molecule is CCc1ccc(C(=O)c2ccccc2C(=O)NCCCN(C)C)cc1. The van der Waals surface area contributed by atoms with Crippen LogP contribution in [0.5, 0.6) is 0 Å². The molecule has 4 heteroatoms. The average Bonchev–Trinajstić information content (AvgIpc) is 2.64. The average molecular weight is 338 g/mol. The summed E-state index contributed by atoms with van der Waals surface area (Å²) >= 11 is 0. The Morgan fingerprint density at radius 1 is 0.960 bits per heavy atom. The molecule has 0 radical (unpaired) electrons. The maximum atomic E-state index is 12.8. The smallest absolute Gasteiger partial charge is 0.252 e. The second-order valence-corrected chi connectivity index (χ2v) is 6.34. The van der Waals surface area contributed by atoms with Gasteiger partial charge in [0.2, 0.25) is 0 Å². The van der Waals surface area contributed by atoms with Crippen molar-refractivity contribution < 1.29 is 9.59 Å². The van der Waals surface area contributed by atoms with Gasteiger partial charge in [0.05, 0.1) is 5.56 Å². The van der Waals surface area contributed by atoms with Gasteiger partial charge in [0.15, 0.2) is 5.78 Å². The summed E-state index contributed by atoms with van der Waals surface area (Å²) in [7, 11) is 4.00. The zero-order chi connectivity index (χ0) is 18.2. The minimum absolute atomic E-state index is 0.123. The van der Waals surface area contributed by atoms with Gasteiger partial charge in [0.1, 0.15) is 0 Å². The summed E-state index contributed by atoms with van der Waals surface area (Å²) in [4.78, 5) is 27.3. The van der Waals surface area contributed by atoms with Gasteiger partial charge in [-0.05, 0) is 45.1 Å². The first-order valence-corrected chi connectivity index (χ1v) is 8.68. The fourth-order valence-electron chi connectivity index (χ4n) is 2.62. The number of aryl methyl sites for hydroxylation is 1. The molecule has 0 aromatic heterocycles. The maximum absolute atomic E-state index is 12.8. The number of amides is 1. The number of benzene rings is 2. The molecule has 0 unspecified atom stereocenters. The summed E-state index contributed by atoms with van der Waals surface area (Å²) in [5.41, 5.74) is 2.65. The topological polar surface area (TPSA) is 49.4 Å². The predicted molar refractivity (Wildman–Crippen MR) is 101 cm³/mol. The largest absolute Gasteiger partial charge is 0.352 e. The van der Waals surface area contributed by atoms with E-state index in [-0.39, 0.29) is 11.7 Å². The highest BCUT2D eigenvalue weighted by Crippen LogP contribution is 2.16. The molecule has 0 aliphatic heterocycles. The van der Waals surface area contributed by atoms with Crippen LogP contribution in [0.4, 0.5) is 0 Å². The predicted octanol–water partition coefficient (Wildman–Crippen LogP) is 3.16. The van der Waals surface area contributed by atoms with Gasteiger partial charge in [-0.2, -0.15) is 0 Å². The minimum atomic E-state index is -0.201. The van der Waals surface area contributed by atoms with Gasteiger partial charge in [0, 0.05) is 17.7 Å². The van der Waals surface area contributed by atoms with Crippen LogP contribution in [0.15, 0.2) is 48.5 Å². The quantitative estimate of drug-likeness (QED) is 0.594. The zero-order valence-corrected chi connectivity index (χ0v) is 15.2. The van der Waals surface area contributed by atoms with Gasteiger partial charge >= 0.3 is 0 Å².